The molecule has 1 aromatic rings. The second kappa shape index (κ2) is 5.75. The predicted molar refractivity (Wildman–Crippen MR) is 66.8 cm³/mol. The van der Waals surface area contributed by atoms with Crippen molar-refractivity contribution in [3.63, 3.8) is 0 Å². The molecule has 1 atom stereocenters. The largest absolute Gasteiger partial charge is 0.371 e. The van der Waals surface area contributed by atoms with Gasteiger partial charge in [0, 0.05) is 11.5 Å². The van der Waals surface area contributed by atoms with Gasteiger partial charge >= 0.3 is 0 Å². The normalized spacial score (nSPS) is 21.2. The fourth-order valence-corrected chi connectivity index (χ4v) is 3.21. The summed E-state index contributed by atoms with van der Waals surface area (Å²) in [5, 5.41) is 1.17. The van der Waals surface area contributed by atoms with Crippen molar-refractivity contribution in [2.24, 2.45) is 5.73 Å². The molecule has 1 aliphatic heterocycles. The van der Waals surface area contributed by atoms with Gasteiger partial charge in [0.05, 0.1) is 5.69 Å². The molecular formula is C12H20N2OS. The van der Waals surface area contributed by atoms with Gasteiger partial charge in [-0.1, -0.05) is 0 Å². The first-order chi connectivity index (χ1) is 7.81. The molecule has 0 spiro atoms. The Morgan fingerprint density at radius 3 is 3.06 bits per heavy atom. The molecule has 90 valence electrons. The summed E-state index contributed by atoms with van der Waals surface area (Å²) in [6.45, 7) is 3.74. The lowest BCUT2D eigenvalue weighted by atomic mass is 10.1. The van der Waals surface area contributed by atoms with E-state index < -0.39 is 0 Å². The fourth-order valence-electron chi connectivity index (χ4n) is 2.02. The number of nitrogens with zero attached hydrogens (tertiary/aromatic N) is 1. The average Bonchev–Trinajstić information content (AvgIpc) is 2.69. The van der Waals surface area contributed by atoms with Gasteiger partial charge in [-0.15, -0.1) is 11.3 Å². The lowest BCUT2D eigenvalue weighted by Gasteiger charge is -2.20. The van der Waals surface area contributed by atoms with Gasteiger partial charge in [-0.25, -0.2) is 4.98 Å². The van der Waals surface area contributed by atoms with Crippen molar-refractivity contribution in [1.82, 2.24) is 4.98 Å². The van der Waals surface area contributed by atoms with Crippen LogP contribution in [0.3, 0.4) is 0 Å². The third kappa shape index (κ3) is 2.81. The highest BCUT2D eigenvalue weighted by Gasteiger charge is 2.20. The summed E-state index contributed by atoms with van der Waals surface area (Å²) in [5.41, 5.74) is 6.70. The Bertz CT molecular complexity index is 332. The number of nitrogens with two attached hydrogens (primary N) is 1. The monoisotopic (exact) mass is 240 g/mol. The maximum absolute atomic E-state index is 5.76. The Hall–Kier alpha value is -0.450. The molecule has 1 fully saturated rings. The summed E-state index contributed by atoms with van der Waals surface area (Å²) < 4.78 is 5.76. The molecule has 0 saturated carbocycles. The van der Waals surface area contributed by atoms with E-state index in [1.165, 1.54) is 28.4 Å². The minimum Gasteiger partial charge on any atom is -0.371 e. The van der Waals surface area contributed by atoms with Gasteiger partial charge in [0.2, 0.25) is 0 Å². The van der Waals surface area contributed by atoms with Crippen molar-refractivity contribution in [2.75, 3.05) is 13.2 Å². The topological polar surface area (TPSA) is 48.1 Å². The van der Waals surface area contributed by atoms with E-state index in [0.29, 0.717) is 0 Å². The van der Waals surface area contributed by atoms with Crippen LogP contribution in [-0.2, 0) is 11.2 Å². The van der Waals surface area contributed by atoms with E-state index in [1.807, 2.05) is 11.3 Å². The summed E-state index contributed by atoms with van der Waals surface area (Å²) >= 11 is 1.81. The van der Waals surface area contributed by atoms with Crippen LogP contribution in [0.1, 0.15) is 47.4 Å². The smallest absolute Gasteiger partial charge is 0.122 e. The Morgan fingerprint density at radius 2 is 2.38 bits per heavy atom. The minimum atomic E-state index is 0.254. The average molecular weight is 240 g/mol. The maximum Gasteiger partial charge on any atom is 0.122 e. The van der Waals surface area contributed by atoms with Gasteiger partial charge in [0.1, 0.15) is 11.1 Å². The van der Waals surface area contributed by atoms with Gasteiger partial charge in [-0.3, -0.25) is 0 Å². The second-order valence-corrected chi connectivity index (χ2v) is 5.42. The van der Waals surface area contributed by atoms with Crippen LogP contribution in [-0.4, -0.2) is 18.1 Å². The van der Waals surface area contributed by atoms with Crippen molar-refractivity contribution in [1.29, 1.82) is 0 Å². The molecule has 3 nitrogen and oxygen atoms in total. The van der Waals surface area contributed by atoms with Crippen LogP contribution in [0.5, 0.6) is 0 Å². The van der Waals surface area contributed by atoms with Gasteiger partial charge in [-0.2, -0.15) is 0 Å². The number of hydrogen-bond acceptors (Lipinski definition) is 4. The zero-order chi connectivity index (χ0) is 11.4. The highest BCUT2D eigenvalue weighted by atomic mass is 32.1. The van der Waals surface area contributed by atoms with Crippen LogP contribution in [0.25, 0.3) is 0 Å². The van der Waals surface area contributed by atoms with Crippen molar-refractivity contribution in [3.05, 3.63) is 15.6 Å². The molecule has 0 bridgehead atoms. The number of thiazole rings is 1. The third-order valence-corrected chi connectivity index (χ3v) is 4.28. The lowest BCUT2D eigenvalue weighted by Crippen LogP contribution is -2.11. The van der Waals surface area contributed by atoms with E-state index in [0.717, 1.165) is 32.4 Å². The van der Waals surface area contributed by atoms with Crippen LogP contribution in [0.2, 0.25) is 0 Å². The quantitative estimate of drug-likeness (QED) is 0.880. The van der Waals surface area contributed by atoms with Crippen molar-refractivity contribution in [2.45, 2.75) is 45.1 Å². The molecule has 4 heteroatoms. The van der Waals surface area contributed by atoms with Gasteiger partial charge in [-0.05, 0) is 45.6 Å². The predicted octanol–water partition coefficient (Wildman–Crippen LogP) is 2.58. The maximum atomic E-state index is 5.76. The molecule has 1 aromatic heterocycles. The molecule has 1 saturated heterocycles. The highest BCUT2D eigenvalue weighted by Crippen LogP contribution is 2.32. The van der Waals surface area contributed by atoms with Crippen molar-refractivity contribution < 1.29 is 4.74 Å². The molecule has 2 N–H and O–H groups in total. The number of hydrogen-bond donors (Lipinski definition) is 1. The molecule has 0 aliphatic carbocycles. The number of ether oxygens (including phenoxy) is 1. The SMILES string of the molecule is Cc1nc(C2CCCCO2)sc1CCCN. The molecule has 2 rings (SSSR count). The fraction of sp³-hybridized carbons (Fsp3) is 0.750. The van der Waals surface area contributed by atoms with Gasteiger partial charge < -0.3 is 10.5 Å². The van der Waals surface area contributed by atoms with Crippen molar-refractivity contribution >= 4 is 11.3 Å². The van der Waals surface area contributed by atoms with Crippen LogP contribution in [0.15, 0.2) is 0 Å². The Kier molecular flexibility index (Phi) is 4.32. The summed E-state index contributed by atoms with van der Waals surface area (Å²) in [6.07, 6.45) is 5.95. The van der Waals surface area contributed by atoms with Crippen LogP contribution in [0, 0.1) is 6.92 Å². The van der Waals surface area contributed by atoms with E-state index in [1.54, 1.807) is 0 Å². The second-order valence-electron chi connectivity index (χ2n) is 4.31. The molecule has 1 unspecified atom stereocenters. The zero-order valence-electron chi connectivity index (χ0n) is 9.87. The molecular weight excluding hydrogens is 220 g/mol. The van der Waals surface area contributed by atoms with Gasteiger partial charge in [0.25, 0.3) is 0 Å². The van der Waals surface area contributed by atoms with Crippen molar-refractivity contribution in [3.8, 4) is 0 Å². The number of aryl methyl sites for hydroxylation is 2. The Morgan fingerprint density at radius 1 is 1.50 bits per heavy atom. The molecule has 0 radical (unpaired) electrons. The van der Waals surface area contributed by atoms with E-state index in [-0.39, 0.29) is 6.10 Å². The van der Waals surface area contributed by atoms with E-state index in [9.17, 15) is 0 Å². The van der Waals surface area contributed by atoms with E-state index in [4.69, 9.17) is 10.5 Å². The first-order valence-corrected chi connectivity index (χ1v) is 6.91. The highest BCUT2D eigenvalue weighted by molar-refractivity contribution is 7.11. The Labute approximate surface area is 101 Å². The van der Waals surface area contributed by atoms with E-state index >= 15 is 0 Å². The van der Waals surface area contributed by atoms with E-state index in [2.05, 4.69) is 11.9 Å². The standard InChI is InChI=1S/C12H20N2OS/c1-9-11(6-4-7-13)16-12(14-9)10-5-2-3-8-15-10/h10H,2-8,13H2,1H3. The Balaban J connectivity index is 2.03. The number of rotatable bonds is 4. The molecule has 16 heavy (non-hydrogen) atoms. The van der Waals surface area contributed by atoms with Crippen LogP contribution >= 0.6 is 11.3 Å². The minimum absolute atomic E-state index is 0.254. The summed E-state index contributed by atoms with van der Waals surface area (Å²) in [5.74, 6) is 0. The zero-order valence-corrected chi connectivity index (χ0v) is 10.7. The third-order valence-electron chi connectivity index (χ3n) is 2.97. The molecule has 2 heterocycles. The number of aromatic nitrogens is 1. The summed E-state index contributed by atoms with van der Waals surface area (Å²) in [6, 6.07) is 0. The summed E-state index contributed by atoms with van der Waals surface area (Å²) in [4.78, 5) is 6.02. The van der Waals surface area contributed by atoms with Gasteiger partial charge in [0.15, 0.2) is 0 Å². The molecule has 0 aromatic carbocycles. The molecule has 0 amide bonds. The molecule has 1 aliphatic rings. The first kappa shape index (κ1) is 12.0. The lowest BCUT2D eigenvalue weighted by molar-refractivity contribution is 0.0148. The summed E-state index contributed by atoms with van der Waals surface area (Å²) in [7, 11) is 0. The first-order valence-electron chi connectivity index (χ1n) is 6.09. The van der Waals surface area contributed by atoms with Crippen LogP contribution < -0.4 is 5.73 Å². The van der Waals surface area contributed by atoms with Crippen LogP contribution in [0.4, 0.5) is 0 Å².